The summed E-state index contributed by atoms with van der Waals surface area (Å²) < 4.78 is 0. The molecule has 1 N–H and O–H groups in total. The molecule has 2 atom stereocenters. The van der Waals surface area contributed by atoms with E-state index in [9.17, 15) is 19.7 Å². The van der Waals surface area contributed by atoms with E-state index in [4.69, 9.17) is 28.0 Å². The van der Waals surface area contributed by atoms with Crippen molar-refractivity contribution in [2.45, 2.75) is 40.0 Å². The van der Waals surface area contributed by atoms with Gasteiger partial charge in [0.1, 0.15) is 0 Å². The third kappa shape index (κ3) is 3.56. The first-order valence-corrected chi connectivity index (χ1v) is 11.5. The molecule has 2 aromatic carbocycles. The molecule has 4 rings (SSSR count). The lowest BCUT2D eigenvalue weighted by Gasteiger charge is -2.39. The summed E-state index contributed by atoms with van der Waals surface area (Å²) in [4.78, 5) is 41.6. The zero-order chi connectivity index (χ0) is 24.9. The highest BCUT2D eigenvalue weighted by atomic mass is 35.5. The van der Waals surface area contributed by atoms with Gasteiger partial charge in [-0.15, -0.1) is 0 Å². The van der Waals surface area contributed by atoms with Crippen molar-refractivity contribution in [3.8, 4) is 0 Å². The number of para-hydroxylation sites is 1. The molecule has 1 amide bonds. The number of nitrogens with one attached hydrogen (secondary N) is 1. The number of halogens is 2. The Morgan fingerprint density at radius 3 is 2.26 bits per heavy atom. The summed E-state index contributed by atoms with van der Waals surface area (Å²) in [6.45, 7) is 6.07. The number of nitrogens with zero attached hydrogens (tertiary/aromatic N) is 2. The SMILES string of the molecule is CC12CCC(C(=O)Nc3c(Cl)cccc3Cl)(CC1=NOC(=O)c1ccc([N+](=O)[O-])cc1)C2(C)C. The normalized spacial score (nSPS) is 25.9. The van der Waals surface area contributed by atoms with Crippen LogP contribution in [0.1, 0.15) is 50.4 Å². The summed E-state index contributed by atoms with van der Waals surface area (Å²) in [6, 6.07) is 10.1. The maximum Gasteiger partial charge on any atom is 0.365 e. The first-order valence-electron chi connectivity index (χ1n) is 10.7. The number of carbonyl (C=O) groups excluding carboxylic acids is 2. The van der Waals surface area contributed by atoms with E-state index in [1.165, 1.54) is 24.3 Å². The van der Waals surface area contributed by atoms with E-state index in [-0.39, 0.29) is 17.2 Å². The summed E-state index contributed by atoms with van der Waals surface area (Å²) in [6.07, 6.45) is 1.65. The van der Waals surface area contributed by atoms with Gasteiger partial charge >= 0.3 is 5.97 Å². The second kappa shape index (κ2) is 8.36. The van der Waals surface area contributed by atoms with Crippen LogP contribution in [0.2, 0.25) is 10.0 Å². The van der Waals surface area contributed by atoms with Gasteiger partial charge in [-0.1, -0.05) is 55.2 Å². The van der Waals surface area contributed by atoms with Gasteiger partial charge in [0.05, 0.1) is 37.3 Å². The van der Waals surface area contributed by atoms with Crippen LogP contribution in [0.5, 0.6) is 0 Å². The largest absolute Gasteiger partial charge is 0.365 e. The number of nitro benzene ring substituents is 1. The number of fused-ring (bicyclic) bond motifs is 2. The van der Waals surface area contributed by atoms with Gasteiger partial charge in [-0.25, -0.2) is 4.79 Å². The van der Waals surface area contributed by atoms with Crippen molar-refractivity contribution >= 4 is 52.2 Å². The van der Waals surface area contributed by atoms with Crippen LogP contribution >= 0.6 is 23.2 Å². The number of nitro groups is 1. The van der Waals surface area contributed by atoms with Crippen LogP contribution in [0.15, 0.2) is 47.6 Å². The third-order valence-electron chi connectivity index (χ3n) is 7.92. The Labute approximate surface area is 206 Å². The number of oxime groups is 1. The van der Waals surface area contributed by atoms with Crippen molar-refractivity contribution in [1.29, 1.82) is 0 Å². The van der Waals surface area contributed by atoms with E-state index in [2.05, 4.69) is 10.5 Å². The fourth-order valence-corrected chi connectivity index (χ4v) is 5.73. The minimum atomic E-state index is -0.789. The van der Waals surface area contributed by atoms with E-state index < -0.39 is 27.1 Å². The topological polar surface area (TPSA) is 111 Å². The van der Waals surface area contributed by atoms with E-state index in [1.54, 1.807) is 18.2 Å². The number of carbonyl (C=O) groups is 2. The number of benzene rings is 2. The third-order valence-corrected chi connectivity index (χ3v) is 8.55. The highest BCUT2D eigenvalue weighted by molar-refractivity contribution is 6.39. The zero-order valence-electron chi connectivity index (χ0n) is 18.9. The van der Waals surface area contributed by atoms with Gasteiger partial charge in [-0.2, -0.15) is 0 Å². The van der Waals surface area contributed by atoms with E-state index in [1.807, 2.05) is 20.8 Å². The molecule has 2 bridgehead atoms. The van der Waals surface area contributed by atoms with Crippen molar-refractivity contribution in [3.63, 3.8) is 0 Å². The molecule has 2 aliphatic carbocycles. The fourth-order valence-electron chi connectivity index (χ4n) is 5.24. The first-order chi connectivity index (χ1) is 15.9. The molecule has 2 unspecified atom stereocenters. The minimum absolute atomic E-state index is 0.128. The van der Waals surface area contributed by atoms with Crippen molar-refractivity contribution in [2.24, 2.45) is 21.4 Å². The maximum atomic E-state index is 13.6. The number of hydrogen-bond acceptors (Lipinski definition) is 6. The average molecular weight is 504 g/mol. The quantitative estimate of drug-likeness (QED) is 0.293. The molecule has 0 spiro atoms. The highest BCUT2D eigenvalue weighted by Crippen LogP contribution is 2.71. The Kier molecular flexibility index (Phi) is 5.94. The minimum Gasteiger partial charge on any atom is -0.323 e. The number of rotatable bonds is 5. The molecular weight excluding hydrogens is 481 g/mol. The first kappa shape index (κ1) is 24.2. The zero-order valence-corrected chi connectivity index (χ0v) is 20.4. The molecule has 0 aromatic heterocycles. The van der Waals surface area contributed by atoms with Crippen LogP contribution < -0.4 is 5.32 Å². The smallest absolute Gasteiger partial charge is 0.323 e. The second-order valence-electron chi connectivity index (χ2n) is 9.49. The number of non-ortho nitro benzene ring substituents is 1. The van der Waals surface area contributed by atoms with Crippen LogP contribution in [0.25, 0.3) is 0 Å². The predicted molar refractivity (Wildman–Crippen MR) is 129 cm³/mol. The van der Waals surface area contributed by atoms with Crippen molar-refractivity contribution < 1.29 is 19.3 Å². The summed E-state index contributed by atoms with van der Waals surface area (Å²) in [5, 5.41) is 18.6. The highest BCUT2D eigenvalue weighted by Gasteiger charge is 2.71. The van der Waals surface area contributed by atoms with Gasteiger partial charge in [0, 0.05) is 24.0 Å². The summed E-state index contributed by atoms with van der Waals surface area (Å²) in [7, 11) is 0. The summed E-state index contributed by atoms with van der Waals surface area (Å²) >= 11 is 12.5. The molecule has 2 aromatic rings. The van der Waals surface area contributed by atoms with E-state index in [0.717, 1.165) is 0 Å². The average Bonchev–Trinajstić information content (AvgIpc) is 3.10. The van der Waals surface area contributed by atoms with Crippen molar-refractivity contribution in [2.75, 3.05) is 5.32 Å². The van der Waals surface area contributed by atoms with E-state index in [0.29, 0.717) is 40.7 Å². The van der Waals surface area contributed by atoms with Crippen molar-refractivity contribution in [1.82, 2.24) is 0 Å². The molecule has 10 heteroatoms. The summed E-state index contributed by atoms with van der Waals surface area (Å²) in [5.74, 6) is -0.934. The van der Waals surface area contributed by atoms with Crippen LogP contribution in [-0.2, 0) is 9.63 Å². The van der Waals surface area contributed by atoms with Gasteiger partial charge in [-0.05, 0) is 42.5 Å². The van der Waals surface area contributed by atoms with Crippen LogP contribution in [0.3, 0.4) is 0 Å². The number of hydrogen-bond donors (Lipinski definition) is 1. The molecule has 34 heavy (non-hydrogen) atoms. The van der Waals surface area contributed by atoms with Crippen LogP contribution in [-0.4, -0.2) is 22.5 Å². The molecule has 2 fully saturated rings. The Bertz CT molecular complexity index is 1210. The Morgan fingerprint density at radius 2 is 1.68 bits per heavy atom. The Balaban J connectivity index is 1.58. The Hall–Kier alpha value is -2.97. The fraction of sp³-hybridized carbons (Fsp3) is 0.375. The lowest BCUT2D eigenvalue weighted by atomic mass is 9.64. The van der Waals surface area contributed by atoms with Crippen molar-refractivity contribution in [3.05, 3.63) is 68.2 Å². The maximum absolute atomic E-state index is 13.6. The monoisotopic (exact) mass is 503 g/mol. The molecule has 178 valence electrons. The molecule has 0 radical (unpaired) electrons. The van der Waals surface area contributed by atoms with E-state index >= 15 is 0 Å². The molecule has 2 aliphatic rings. The number of amides is 1. The van der Waals surface area contributed by atoms with Gasteiger partial charge in [0.2, 0.25) is 5.91 Å². The lowest BCUT2D eigenvalue weighted by Crippen LogP contribution is -2.43. The summed E-state index contributed by atoms with van der Waals surface area (Å²) in [5.41, 5.74) is -0.743. The van der Waals surface area contributed by atoms with Gasteiger partial charge in [-0.3, -0.25) is 14.9 Å². The molecule has 0 aliphatic heterocycles. The van der Waals surface area contributed by atoms with Crippen LogP contribution in [0.4, 0.5) is 11.4 Å². The standard InChI is InChI=1S/C24H23Cl2N3O5/c1-22(2)23(3)11-12-24(22,21(31)27-19-16(25)5-4-6-17(19)26)13-18(23)28-34-20(30)14-7-9-15(10-8-14)29(32)33/h4-10H,11-13H2,1-3H3,(H,27,31). The second-order valence-corrected chi connectivity index (χ2v) is 10.3. The lowest BCUT2D eigenvalue weighted by molar-refractivity contribution is -0.384. The van der Waals surface area contributed by atoms with Gasteiger partial charge < -0.3 is 10.2 Å². The Morgan fingerprint density at radius 1 is 1.06 bits per heavy atom. The molecule has 0 heterocycles. The molecular formula is C24H23Cl2N3O5. The van der Waals surface area contributed by atoms with Gasteiger partial charge in [0.25, 0.3) is 5.69 Å². The predicted octanol–water partition coefficient (Wildman–Crippen LogP) is 6.27. The molecule has 0 saturated heterocycles. The van der Waals surface area contributed by atoms with Crippen LogP contribution in [0, 0.1) is 26.4 Å². The molecule has 2 saturated carbocycles. The number of anilines is 1. The van der Waals surface area contributed by atoms with Gasteiger partial charge in [0.15, 0.2) is 0 Å². The molecule has 8 nitrogen and oxygen atoms in total.